The molecule has 1 saturated heterocycles. The number of methoxy groups -OCH3 is 1. The van der Waals surface area contributed by atoms with Gasteiger partial charge in [0.15, 0.2) is 0 Å². The Hall–Kier alpha value is -2.61. The molecule has 1 aliphatic heterocycles. The van der Waals surface area contributed by atoms with Crippen LogP contribution >= 0.6 is 11.6 Å². The normalized spacial score (nSPS) is 14.8. The van der Waals surface area contributed by atoms with E-state index in [2.05, 4.69) is 10.2 Å². The number of carbonyl (C=O) groups is 1. The molecule has 1 aliphatic rings. The van der Waals surface area contributed by atoms with Gasteiger partial charge in [-0.15, -0.1) is 0 Å². The van der Waals surface area contributed by atoms with Crippen LogP contribution in [0, 0.1) is 5.82 Å². The van der Waals surface area contributed by atoms with Crippen LogP contribution in [0.15, 0.2) is 29.2 Å². The Bertz CT molecular complexity index is 858. The standard InChI is InChI=1S/C16H16ClFN4O3/c1-25-13-6-11(18)3-2-10(13)8-21-4-5-22(9-14(21)23)15-12(17)7-19-20-16(15)24/h2-3,6-7H,4-5,8-9H2,1H3,(H,20,24). The summed E-state index contributed by atoms with van der Waals surface area (Å²) in [5, 5.41) is 6.13. The van der Waals surface area contributed by atoms with Gasteiger partial charge < -0.3 is 14.5 Å². The molecule has 1 aromatic heterocycles. The highest BCUT2D eigenvalue weighted by atomic mass is 35.5. The maximum Gasteiger partial charge on any atom is 0.289 e. The van der Waals surface area contributed by atoms with Gasteiger partial charge in [0, 0.05) is 31.3 Å². The molecule has 1 amide bonds. The number of nitrogens with zero attached hydrogens (tertiary/aromatic N) is 3. The van der Waals surface area contributed by atoms with Crippen LogP contribution in [0.1, 0.15) is 5.56 Å². The molecule has 0 unspecified atom stereocenters. The van der Waals surface area contributed by atoms with Crippen LogP contribution in [-0.2, 0) is 11.3 Å². The summed E-state index contributed by atoms with van der Waals surface area (Å²) in [6.45, 7) is 1.17. The average molecular weight is 367 g/mol. The average Bonchev–Trinajstić information content (AvgIpc) is 2.58. The number of rotatable bonds is 4. The number of hydrogen-bond acceptors (Lipinski definition) is 5. The molecule has 7 nitrogen and oxygen atoms in total. The Balaban J connectivity index is 1.75. The number of ether oxygens (including phenoxy) is 1. The van der Waals surface area contributed by atoms with Gasteiger partial charge in [0.2, 0.25) is 5.91 Å². The number of benzene rings is 1. The van der Waals surface area contributed by atoms with Crippen LogP contribution < -0.4 is 15.2 Å². The molecule has 9 heteroatoms. The summed E-state index contributed by atoms with van der Waals surface area (Å²) in [5.74, 6) is -0.169. The van der Waals surface area contributed by atoms with Crippen LogP contribution in [0.2, 0.25) is 5.02 Å². The number of aromatic nitrogens is 2. The van der Waals surface area contributed by atoms with Gasteiger partial charge in [0.25, 0.3) is 5.56 Å². The molecular weight excluding hydrogens is 351 g/mol. The molecule has 2 aromatic rings. The number of hydrogen-bond donors (Lipinski definition) is 1. The summed E-state index contributed by atoms with van der Waals surface area (Å²) in [5.41, 5.74) is 0.517. The van der Waals surface area contributed by atoms with E-state index < -0.39 is 11.4 Å². The Morgan fingerprint density at radius 1 is 1.36 bits per heavy atom. The van der Waals surface area contributed by atoms with Crippen molar-refractivity contribution in [1.82, 2.24) is 15.1 Å². The molecule has 1 fully saturated rings. The molecule has 1 N–H and O–H groups in total. The third-order valence-electron chi connectivity index (χ3n) is 4.03. The molecule has 0 saturated carbocycles. The van der Waals surface area contributed by atoms with Gasteiger partial charge in [0.05, 0.1) is 24.9 Å². The van der Waals surface area contributed by atoms with Crippen molar-refractivity contribution in [1.29, 1.82) is 0 Å². The van der Waals surface area contributed by atoms with E-state index in [1.807, 2.05) is 0 Å². The number of H-pyrrole nitrogens is 1. The molecule has 3 rings (SSSR count). The van der Waals surface area contributed by atoms with E-state index in [-0.39, 0.29) is 23.2 Å². The summed E-state index contributed by atoms with van der Waals surface area (Å²) in [6, 6.07) is 4.21. The predicted octanol–water partition coefficient (Wildman–Crippen LogP) is 1.42. The molecule has 25 heavy (non-hydrogen) atoms. The van der Waals surface area contributed by atoms with Crippen LogP contribution in [0.5, 0.6) is 5.75 Å². The predicted molar refractivity (Wildman–Crippen MR) is 90.4 cm³/mol. The largest absolute Gasteiger partial charge is 0.496 e. The topological polar surface area (TPSA) is 78.5 Å². The fourth-order valence-electron chi connectivity index (χ4n) is 2.79. The molecule has 132 valence electrons. The zero-order chi connectivity index (χ0) is 18.0. The van der Waals surface area contributed by atoms with Crippen molar-refractivity contribution in [3.05, 3.63) is 51.2 Å². The fraction of sp³-hybridized carbons (Fsp3) is 0.312. The number of aromatic amines is 1. The molecule has 0 aliphatic carbocycles. The summed E-state index contributed by atoms with van der Waals surface area (Å²) in [4.78, 5) is 27.6. The Morgan fingerprint density at radius 2 is 2.16 bits per heavy atom. The molecule has 0 spiro atoms. The second kappa shape index (κ2) is 7.10. The van der Waals surface area contributed by atoms with Crippen molar-refractivity contribution < 1.29 is 13.9 Å². The Labute approximate surface area is 148 Å². The SMILES string of the molecule is COc1cc(F)ccc1CN1CCN(c2c(Cl)cn[nH]c2=O)CC1=O. The van der Waals surface area contributed by atoms with Crippen LogP contribution in [-0.4, -0.2) is 47.7 Å². The Kier molecular flexibility index (Phi) is 4.89. The minimum Gasteiger partial charge on any atom is -0.496 e. The van der Waals surface area contributed by atoms with Crippen LogP contribution in [0.25, 0.3) is 0 Å². The molecule has 0 radical (unpaired) electrons. The lowest BCUT2D eigenvalue weighted by atomic mass is 10.1. The highest BCUT2D eigenvalue weighted by molar-refractivity contribution is 6.33. The van der Waals surface area contributed by atoms with E-state index in [1.165, 1.54) is 25.4 Å². The van der Waals surface area contributed by atoms with Gasteiger partial charge in [-0.3, -0.25) is 9.59 Å². The smallest absolute Gasteiger partial charge is 0.289 e. The number of nitrogens with one attached hydrogen (secondary N) is 1. The van der Waals surface area contributed by atoms with Crippen molar-refractivity contribution >= 4 is 23.2 Å². The van der Waals surface area contributed by atoms with Crippen molar-refractivity contribution in [2.45, 2.75) is 6.54 Å². The first-order valence-corrected chi connectivity index (χ1v) is 7.95. The molecule has 0 bridgehead atoms. The zero-order valence-electron chi connectivity index (χ0n) is 13.5. The zero-order valence-corrected chi connectivity index (χ0v) is 14.2. The number of halogens is 2. The Morgan fingerprint density at radius 3 is 2.84 bits per heavy atom. The first-order valence-electron chi connectivity index (χ1n) is 7.58. The third kappa shape index (κ3) is 3.58. The van der Waals surface area contributed by atoms with Crippen LogP contribution in [0.4, 0.5) is 10.1 Å². The second-order valence-electron chi connectivity index (χ2n) is 5.59. The van der Waals surface area contributed by atoms with Crippen molar-refractivity contribution in [3.8, 4) is 5.75 Å². The van der Waals surface area contributed by atoms with Crippen LogP contribution in [0.3, 0.4) is 0 Å². The van der Waals surface area contributed by atoms with Gasteiger partial charge in [-0.2, -0.15) is 5.10 Å². The summed E-state index contributed by atoms with van der Waals surface area (Å²) in [6.07, 6.45) is 1.33. The highest BCUT2D eigenvalue weighted by Crippen LogP contribution is 2.24. The van der Waals surface area contributed by atoms with Gasteiger partial charge in [-0.05, 0) is 6.07 Å². The molecule has 1 aromatic carbocycles. The lowest BCUT2D eigenvalue weighted by Gasteiger charge is -2.35. The van der Waals surface area contributed by atoms with Crippen molar-refractivity contribution in [3.63, 3.8) is 0 Å². The van der Waals surface area contributed by atoms with Gasteiger partial charge in [-0.1, -0.05) is 17.7 Å². The third-order valence-corrected chi connectivity index (χ3v) is 4.31. The molecular formula is C16H16ClFN4O3. The lowest BCUT2D eigenvalue weighted by Crippen LogP contribution is -2.51. The van der Waals surface area contributed by atoms with Gasteiger partial charge in [-0.25, -0.2) is 9.49 Å². The van der Waals surface area contributed by atoms with E-state index in [4.69, 9.17) is 16.3 Å². The minimum atomic E-state index is -0.436. The van der Waals surface area contributed by atoms with Crippen molar-refractivity contribution in [2.24, 2.45) is 0 Å². The monoisotopic (exact) mass is 366 g/mol. The maximum atomic E-state index is 13.3. The second-order valence-corrected chi connectivity index (χ2v) is 6.00. The van der Waals surface area contributed by atoms with E-state index >= 15 is 0 Å². The first-order chi connectivity index (χ1) is 12.0. The number of carbonyl (C=O) groups excluding carboxylic acids is 1. The minimum absolute atomic E-state index is 0.0241. The number of anilines is 1. The van der Waals surface area contributed by atoms with E-state index in [0.29, 0.717) is 30.9 Å². The first kappa shape index (κ1) is 17.2. The summed E-state index contributed by atoms with van der Waals surface area (Å²) >= 11 is 6.03. The summed E-state index contributed by atoms with van der Waals surface area (Å²) in [7, 11) is 1.45. The fourth-order valence-corrected chi connectivity index (χ4v) is 3.04. The summed E-state index contributed by atoms with van der Waals surface area (Å²) < 4.78 is 18.5. The molecule has 2 heterocycles. The highest BCUT2D eigenvalue weighted by Gasteiger charge is 2.27. The molecule has 0 atom stereocenters. The maximum absolute atomic E-state index is 13.3. The quantitative estimate of drug-likeness (QED) is 0.885. The van der Waals surface area contributed by atoms with Gasteiger partial charge in [0.1, 0.15) is 17.3 Å². The van der Waals surface area contributed by atoms with E-state index in [0.717, 1.165) is 0 Å². The lowest BCUT2D eigenvalue weighted by molar-refractivity contribution is -0.131. The van der Waals surface area contributed by atoms with Crippen molar-refractivity contribution in [2.75, 3.05) is 31.6 Å². The van der Waals surface area contributed by atoms with Gasteiger partial charge >= 0.3 is 0 Å². The van der Waals surface area contributed by atoms with E-state index in [9.17, 15) is 14.0 Å². The number of amides is 1. The number of piperazine rings is 1. The van der Waals surface area contributed by atoms with E-state index in [1.54, 1.807) is 15.9 Å².